The molecule has 0 bridgehead atoms. The average Bonchev–Trinajstić information content (AvgIpc) is 3.27. The minimum absolute atomic E-state index is 0.158. The molecule has 4 rings (SSSR count). The SMILES string of the molecule is COc1cc(/C=N/NC(=O)c2ccc3c(c2)OCO3)ccc1OCc1ccc(C)cc1. The number of amides is 1. The molecule has 0 fully saturated rings. The van der Waals surface area contributed by atoms with E-state index in [9.17, 15) is 4.79 Å². The van der Waals surface area contributed by atoms with Crippen molar-refractivity contribution in [1.29, 1.82) is 0 Å². The van der Waals surface area contributed by atoms with Gasteiger partial charge in [0.25, 0.3) is 5.91 Å². The number of aryl methyl sites for hydroxylation is 1. The summed E-state index contributed by atoms with van der Waals surface area (Å²) in [5.74, 6) is 2.03. The van der Waals surface area contributed by atoms with Gasteiger partial charge in [-0.25, -0.2) is 5.43 Å². The third kappa shape index (κ3) is 4.95. The monoisotopic (exact) mass is 418 g/mol. The zero-order valence-corrected chi connectivity index (χ0v) is 17.3. The van der Waals surface area contributed by atoms with Gasteiger partial charge in [-0.3, -0.25) is 4.79 Å². The molecule has 31 heavy (non-hydrogen) atoms. The molecule has 0 aliphatic carbocycles. The Bertz CT molecular complexity index is 1110. The third-order valence-electron chi connectivity index (χ3n) is 4.72. The predicted octanol–water partition coefficient (Wildman–Crippen LogP) is 4.08. The second-order valence-electron chi connectivity index (χ2n) is 6.95. The number of nitrogens with zero attached hydrogens (tertiary/aromatic N) is 1. The Morgan fingerprint density at radius 3 is 2.65 bits per heavy atom. The van der Waals surface area contributed by atoms with E-state index in [-0.39, 0.29) is 12.7 Å². The highest BCUT2D eigenvalue weighted by molar-refractivity contribution is 5.95. The van der Waals surface area contributed by atoms with Crippen molar-refractivity contribution in [1.82, 2.24) is 5.43 Å². The first-order valence-corrected chi connectivity index (χ1v) is 9.72. The number of benzene rings is 3. The van der Waals surface area contributed by atoms with Gasteiger partial charge in [0.1, 0.15) is 6.61 Å². The normalized spacial score (nSPS) is 12.1. The van der Waals surface area contributed by atoms with E-state index in [4.69, 9.17) is 18.9 Å². The van der Waals surface area contributed by atoms with Crippen LogP contribution < -0.4 is 24.4 Å². The lowest BCUT2D eigenvalue weighted by molar-refractivity contribution is 0.0954. The van der Waals surface area contributed by atoms with E-state index in [1.54, 1.807) is 31.4 Å². The van der Waals surface area contributed by atoms with Gasteiger partial charge in [0, 0.05) is 5.56 Å². The fraction of sp³-hybridized carbons (Fsp3) is 0.167. The maximum Gasteiger partial charge on any atom is 0.271 e. The van der Waals surface area contributed by atoms with Crippen LogP contribution in [0.25, 0.3) is 0 Å². The molecule has 0 radical (unpaired) electrons. The molecular formula is C24H22N2O5. The molecule has 1 heterocycles. The van der Waals surface area contributed by atoms with E-state index in [0.717, 1.165) is 11.1 Å². The molecule has 0 saturated heterocycles. The summed E-state index contributed by atoms with van der Waals surface area (Å²) in [6.45, 7) is 2.65. The van der Waals surface area contributed by atoms with Crippen LogP contribution in [0.4, 0.5) is 0 Å². The Hall–Kier alpha value is -4.00. The van der Waals surface area contributed by atoms with E-state index in [1.807, 2.05) is 43.3 Å². The van der Waals surface area contributed by atoms with Crippen LogP contribution >= 0.6 is 0 Å². The first-order valence-electron chi connectivity index (χ1n) is 9.72. The highest BCUT2D eigenvalue weighted by atomic mass is 16.7. The first kappa shape index (κ1) is 20.3. The second kappa shape index (κ2) is 9.21. The van der Waals surface area contributed by atoms with Gasteiger partial charge >= 0.3 is 0 Å². The smallest absolute Gasteiger partial charge is 0.271 e. The highest BCUT2D eigenvalue weighted by Crippen LogP contribution is 2.32. The standard InChI is InChI=1S/C24H22N2O5/c1-16-3-5-17(6-4-16)14-29-20-9-7-18(11-22(20)28-2)13-25-26-24(27)19-8-10-21-23(12-19)31-15-30-21/h3-13H,14-15H2,1-2H3,(H,26,27)/b25-13+. The quantitative estimate of drug-likeness (QED) is 0.462. The maximum absolute atomic E-state index is 12.3. The molecule has 1 aliphatic heterocycles. The molecule has 3 aromatic rings. The lowest BCUT2D eigenvalue weighted by Crippen LogP contribution is -2.17. The van der Waals surface area contributed by atoms with Crippen LogP contribution in [0.3, 0.4) is 0 Å². The van der Waals surface area contributed by atoms with E-state index in [0.29, 0.717) is 35.2 Å². The summed E-state index contributed by atoms with van der Waals surface area (Å²) in [4.78, 5) is 12.3. The van der Waals surface area contributed by atoms with Gasteiger partial charge in [-0.1, -0.05) is 29.8 Å². The molecule has 7 nitrogen and oxygen atoms in total. The molecule has 0 atom stereocenters. The second-order valence-corrected chi connectivity index (χ2v) is 6.95. The number of ether oxygens (including phenoxy) is 4. The maximum atomic E-state index is 12.3. The fourth-order valence-corrected chi connectivity index (χ4v) is 3.00. The van der Waals surface area contributed by atoms with Crippen LogP contribution in [0.5, 0.6) is 23.0 Å². The van der Waals surface area contributed by atoms with Crippen LogP contribution in [0.2, 0.25) is 0 Å². The summed E-state index contributed by atoms with van der Waals surface area (Å²) in [5, 5.41) is 4.03. The van der Waals surface area contributed by atoms with Crippen LogP contribution in [0.15, 0.2) is 65.8 Å². The minimum Gasteiger partial charge on any atom is -0.493 e. The highest BCUT2D eigenvalue weighted by Gasteiger charge is 2.15. The molecule has 1 aliphatic rings. The zero-order valence-electron chi connectivity index (χ0n) is 17.3. The van der Waals surface area contributed by atoms with Crippen LogP contribution in [-0.2, 0) is 6.61 Å². The van der Waals surface area contributed by atoms with Crippen molar-refractivity contribution in [3.63, 3.8) is 0 Å². The third-order valence-corrected chi connectivity index (χ3v) is 4.72. The Morgan fingerprint density at radius 1 is 1.03 bits per heavy atom. The number of nitrogens with one attached hydrogen (secondary N) is 1. The molecular weight excluding hydrogens is 396 g/mol. The van der Waals surface area contributed by atoms with Gasteiger partial charge in [-0.15, -0.1) is 0 Å². The molecule has 0 saturated carbocycles. The zero-order chi connectivity index (χ0) is 21.6. The lowest BCUT2D eigenvalue weighted by Gasteiger charge is -2.11. The van der Waals surface area contributed by atoms with Gasteiger partial charge in [0.05, 0.1) is 13.3 Å². The number of carbonyl (C=O) groups excluding carboxylic acids is 1. The molecule has 3 aromatic carbocycles. The number of hydrogen-bond acceptors (Lipinski definition) is 6. The Kier molecular flexibility index (Phi) is 6.03. The van der Waals surface area contributed by atoms with E-state index < -0.39 is 0 Å². The van der Waals surface area contributed by atoms with Crippen molar-refractivity contribution >= 4 is 12.1 Å². The van der Waals surface area contributed by atoms with Crippen molar-refractivity contribution in [2.45, 2.75) is 13.5 Å². The van der Waals surface area contributed by atoms with Gasteiger partial charge in [-0.05, 0) is 54.4 Å². The molecule has 7 heteroatoms. The van der Waals surface area contributed by atoms with Crippen molar-refractivity contribution in [2.75, 3.05) is 13.9 Å². The largest absolute Gasteiger partial charge is 0.493 e. The summed E-state index contributed by atoms with van der Waals surface area (Å²) in [6, 6.07) is 18.6. The van der Waals surface area contributed by atoms with Gasteiger partial charge in [-0.2, -0.15) is 5.10 Å². The van der Waals surface area contributed by atoms with Crippen LogP contribution in [0, 0.1) is 6.92 Å². The summed E-state index contributed by atoms with van der Waals surface area (Å²) in [6.07, 6.45) is 1.54. The van der Waals surface area contributed by atoms with E-state index in [2.05, 4.69) is 10.5 Å². The number of hydrogen-bond donors (Lipinski definition) is 1. The molecule has 0 spiro atoms. The molecule has 0 aromatic heterocycles. The van der Waals surface area contributed by atoms with E-state index >= 15 is 0 Å². The number of rotatable bonds is 7. The van der Waals surface area contributed by atoms with Crippen molar-refractivity contribution in [2.24, 2.45) is 5.10 Å². The van der Waals surface area contributed by atoms with Crippen molar-refractivity contribution in [3.05, 3.63) is 82.9 Å². The topological polar surface area (TPSA) is 78.4 Å². The fourth-order valence-electron chi connectivity index (χ4n) is 3.00. The molecule has 158 valence electrons. The lowest BCUT2D eigenvalue weighted by atomic mass is 10.2. The Balaban J connectivity index is 1.37. The minimum atomic E-state index is -0.348. The molecule has 1 N–H and O–H groups in total. The van der Waals surface area contributed by atoms with Crippen molar-refractivity contribution < 1.29 is 23.7 Å². The molecule has 0 unspecified atom stereocenters. The van der Waals surface area contributed by atoms with Crippen molar-refractivity contribution in [3.8, 4) is 23.0 Å². The van der Waals surface area contributed by atoms with Gasteiger partial charge < -0.3 is 18.9 Å². The van der Waals surface area contributed by atoms with Gasteiger partial charge in [0.15, 0.2) is 23.0 Å². The van der Waals surface area contributed by atoms with Crippen LogP contribution in [-0.4, -0.2) is 26.0 Å². The Morgan fingerprint density at radius 2 is 1.84 bits per heavy atom. The summed E-state index contributed by atoms with van der Waals surface area (Å²) in [7, 11) is 1.58. The van der Waals surface area contributed by atoms with Crippen LogP contribution in [0.1, 0.15) is 27.0 Å². The van der Waals surface area contributed by atoms with E-state index in [1.165, 1.54) is 11.8 Å². The summed E-state index contributed by atoms with van der Waals surface area (Å²) in [5.41, 5.74) is 5.97. The number of carbonyl (C=O) groups is 1. The number of methoxy groups -OCH3 is 1. The number of fused-ring (bicyclic) bond motifs is 1. The summed E-state index contributed by atoms with van der Waals surface area (Å²) >= 11 is 0. The summed E-state index contributed by atoms with van der Waals surface area (Å²) < 4.78 is 21.8. The number of hydrazone groups is 1. The molecule has 1 amide bonds. The Labute approximate surface area is 180 Å². The first-order chi connectivity index (χ1) is 15.1. The average molecular weight is 418 g/mol. The van der Waals surface area contributed by atoms with Gasteiger partial charge in [0.2, 0.25) is 6.79 Å². The predicted molar refractivity (Wildman–Crippen MR) is 116 cm³/mol.